The molecule has 0 spiro atoms. The zero-order chi connectivity index (χ0) is 36.0. The molecule has 0 saturated carbocycles. The molecule has 0 fully saturated rings. The van der Waals surface area contributed by atoms with Gasteiger partial charge in [-0.2, -0.15) is 0 Å². The fraction of sp³-hybridized carbons (Fsp3) is 0. The fourth-order valence-corrected chi connectivity index (χ4v) is 10.1. The lowest BCUT2D eigenvalue weighted by Gasteiger charge is -2.12. The van der Waals surface area contributed by atoms with Gasteiger partial charge in [-0.1, -0.05) is 146 Å². The number of para-hydroxylation sites is 3. The quantitative estimate of drug-likeness (QED) is 0.182. The average Bonchev–Trinajstić information content (AvgIpc) is 3.90. The second kappa shape index (κ2) is 11.7. The summed E-state index contributed by atoms with van der Waals surface area (Å²) in [5.74, 6) is 0.664. The maximum atomic E-state index is 5.45. The van der Waals surface area contributed by atoms with E-state index in [0.717, 1.165) is 38.9 Å². The molecule has 0 aliphatic heterocycles. The highest BCUT2D eigenvalue weighted by atomic mass is 32.1. The summed E-state index contributed by atoms with van der Waals surface area (Å²) in [4.78, 5) is 12.0. The van der Waals surface area contributed by atoms with Crippen LogP contribution in [-0.4, -0.2) is 19.1 Å². The van der Waals surface area contributed by atoms with Crippen LogP contribution in [0.15, 0.2) is 182 Å². The molecule has 12 aromatic rings. The fourth-order valence-electron chi connectivity index (χ4n) is 8.71. The Labute approximate surface area is 319 Å². The molecule has 0 aliphatic carbocycles. The van der Waals surface area contributed by atoms with E-state index in [4.69, 9.17) is 9.97 Å². The Balaban J connectivity index is 1.23. The maximum absolute atomic E-state index is 5.45. The molecule has 55 heavy (non-hydrogen) atoms. The van der Waals surface area contributed by atoms with Crippen LogP contribution in [0.3, 0.4) is 0 Å². The van der Waals surface area contributed by atoms with Crippen LogP contribution in [0.25, 0.3) is 109 Å². The van der Waals surface area contributed by atoms with Crippen LogP contribution in [0.5, 0.6) is 0 Å². The standard InChI is InChI=1S/C50H30N4S/c1-3-15-32(16-4-1)46-38-21-9-11-24-42(38)51-50(52-46)54-44-29-26-33(36-23-13-17-31-14-7-8-20-35(31)36)30-41(44)37-27-28-40-45-39-22-10-12-25-43(39)53(34-18-5-2-6-19-34)49(45)55-48(40)47(37)54/h1-30H. The first-order valence-corrected chi connectivity index (χ1v) is 19.4. The van der Waals surface area contributed by atoms with Crippen LogP contribution < -0.4 is 0 Å². The van der Waals surface area contributed by atoms with Gasteiger partial charge in [0, 0.05) is 43.6 Å². The smallest absolute Gasteiger partial charge is 0.235 e. The summed E-state index contributed by atoms with van der Waals surface area (Å²) in [6.45, 7) is 0. The topological polar surface area (TPSA) is 35.6 Å². The summed E-state index contributed by atoms with van der Waals surface area (Å²) >= 11 is 1.86. The van der Waals surface area contributed by atoms with Gasteiger partial charge in [0.25, 0.3) is 0 Å². The van der Waals surface area contributed by atoms with Crippen molar-refractivity contribution in [2.75, 3.05) is 0 Å². The third-order valence-electron chi connectivity index (χ3n) is 11.1. The van der Waals surface area contributed by atoms with Gasteiger partial charge in [-0.15, -0.1) is 11.3 Å². The van der Waals surface area contributed by atoms with Crippen molar-refractivity contribution in [3.05, 3.63) is 182 Å². The van der Waals surface area contributed by atoms with Crippen molar-refractivity contribution in [1.82, 2.24) is 19.1 Å². The zero-order valence-electron chi connectivity index (χ0n) is 29.5. The van der Waals surface area contributed by atoms with Crippen LogP contribution in [0.4, 0.5) is 0 Å². The van der Waals surface area contributed by atoms with Crippen molar-refractivity contribution >= 4 is 86.0 Å². The van der Waals surface area contributed by atoms with E-state index in [9.17, 15) is 0 Å². The van der Waals surface area contributed by atoms with Gasteiger partial charge in [0.05, 0.1) is 32.5 Å². The van der Waals surface area contributed by atoms with Gasteiger partial charge in [-0.05, 0) is 58.3 Å². The molecule has 4 aromatic heterocycles. The summed E-state index contributed by atoms with van der Waals surface area (Å²) in [6.07, 6.45) is 0. The van der Waals surface area contributed by atoms with Crippen molar-refractivity contribution in [2.45, 2.75) is 0 Å². The second-order valence-electron chi connectivity index (χ2n) is 14.2. The first kappa shape index (κ1) is 30.4. The first-order chi connectivity index (χ1) is 27.3. The van der Waals surface area contributed by atoms with Crippen molar-refractivity contribution in [3.8, 4) is 34.0 Å². The number of aromatic nitrogens is 4. The number of fused-ring (bicyclic) bond motifs is 11. The van der Waals surface area contributed by atoms with Crippen molar-refractivity contribution in [3.63, 3.8) is 0 Å². The third-order valence-corrected chi connectivity index (χ3v) is 12.3. The molecular formula is C50H30N4S. The molecule has 4 nitrogen and oxygen atoms in total. The normalized spacial score (nSPS) is 12.0. The van der Waals surface area contributed by atoms with Crippen LogP contribution in [-0.2, 0) is 0 Å². The zero-order valence-corrected chi connectivity index (χ0v) is 30.3. The maximum Gasteiger partial charge on any atom is 0.235 e. The molecule has 0 unspecified atom stereocenters. The SMILES string of the molecule is c1ccc(-c2nc(-n3c4ccc(-c5cccc6ccccc56)cc4c4ccc5c(sc6c5c5ccccc5n6-c5ccccc5)c43)nc3ccccc23)cc1. The molecule has 0 aliphatic rings. The minimum Gasteiger partial charge on any atom is -0.301 e. The number of hydrogen-bond donors (Lipinski definition) is 0. The Morgan fingerprint density at radius 3 is 2.00 bits per heavy atom. The van der Waals surface area contributed by atoms with E-state index in [1.807, 2.05) is 11.3 Å². The van der Waals surface area contributed by atoms with Gasteiger partial charge in [0.2, 0.25) is 5.95 Å². The lowest BCUT2D eigenvalue weighted by molar-refractivity contribution is 1.02. The van der Waals surface area contributed by atoms with Gasteiger partial charge < -0.3 is 4.57 Å². The summed E-state index contributed by atoms with van der Waals surface area (Å²) in [5.41, 5.74) is 9.89. The van der Waals surface area contributed by atoms with Gasteiger partial charge >= 0.3 is 0 Å². The second-order valence-corrected chi connectivity index (χ2v) is 15.2. The van der Waals surface area contributed by atoms with Crippen LogP contribution in [0, 0.1) is 0 Å². The molecule has 8 aromatic carbocycles. The third kappa shape index (κ3) is 4.45. The molecule has 4 heterocycles. The van der Waals surface area contributed by atoms with E-state index in [1.165, 1.54) is 63.9 Å². The van der Waals surface area contributed by atoms with E-state index < -0.39 is 0 Å². The summed E-state index contributed by atoms with van der Waals surface area (Å²) < 4.78 is 5.97. The average molecular weight is 719 g/mol. The molecule has 0 N–H and O–H groups in total. The Bertz CT molecular complexity index is 3480. The molecule has 12 rings (SSSR count). The van der Waals surface area contributed by atoms with Crippen molar-refractivity contribution < 1.29 is 0 Å². The summed E-state index contributed by atoms with van der Waals surface area (Å²) in [5, 5.41) is 9.64. The van der Waals surface area contributed by atoms with E-state index in [-0.39, 0.29) is 0 Å². The number of thiophene rings is 1. The highest BCUT2D eigenvalue weighted by Gasteiger charge is 2.24. The summed E-state index contributed by atoms with van der Waals surface area (Å²) in [7, 11) is 0. The monoisotopic (exact) mass is 718 g/mol. The molecule has 0 saturated heterocycles. The predicted octanol–water partition coefficient (Wildman–Crippen LogP) is 13.5. The minimum absolute atomic E-state index is 0.664. The van der Waals surface area contributed by atoms with Gasteiger partial charge in [0.15, 0.2) is 0 Å². The van der Waals surface area contributed by atoms with Gasteiger partial charge in [0.1, 0.15) is 4.83 Å². The Kier molecular flexibility index (Phi) is 6.47. The molecule has 0 atom stereocenters. The van der Waals surface area contributed by atoms with Crippen LogP contribution >= 0.6 is 11.3 Å². The Morgan fingerprint density at radius 2 is 1.13 bits per heavy atom. The minimum atomic E-state index is 0.664. The lowest BCUT2D eigenvalue weighted by Crippen LogP contribution is -2.03. The first-order valence-electron chi connectivity index (χ1n) is 18.6. The highest BCUT2D eigenvalue weighted by molar-refractivity contribution is 7.26. The molecule has 5 heteroatoms. The largest absolute Gasteiger partial charge is 0.301 e. The molecule has 0 amide bonds. The van der Waals surface area contributed by atoms with E-state index in [2.05, 4.69) is 191 Å². The molecule has 256 valence electrons. The van der Waals surface area contributed by atoms with Crippen LogP contribution in [0.1, 0.15) is 0 Å². The van der Waals surface area contributed by atoms with Gasteiger partial charge in [-0.25, -0.2) is 9.97 Å². The number of hydrogen-bond acceptors (Lipinski definition) is 3. The Morgan fingerprint density at radius 1 is 0.436 bits per heavy atom. The predicted molar refractivity (Wildman–Crippen MR) is 232 cm³/mol. The Hall–Kier alpha value is -7.08. The summed E-state index contributed by atoms with van der Waals surface area (Å²) in [6, 6.07) is 65.1. The molecular weight excluding hydrogens is 689 g/mol. The highest BCUT2D eigenvalue weighted by Crippen LogP contribution is 2.47. The number of nitrogens with zero attached hydrogens (tertiary/aromatic N) is 4. The number of benzene rings is 8. The van der Waals surface area contributed by atoms with E-state index >= 15 is 0 Å². The lowest BCUT2D eigenvalue weighted by atomic mass is 9.97. The molecule has 0 bridgehead atoms. The number of rotatable bonds is 4. The van der Waals surface area contributed by atoms with Crippen molar-refractivity contribution in [1.29, 1.82) is 0 Å². The van der Waals surface area contributed by atoms with E-state index in [1.54, 1.807) is 0 Å². The van der Waals surface area contributed by atoms with Gasteiger partial charge in [-0.3, -0.25) is 4.57 Å². The molecule has 0 radical (unpaired) electrons. The van der Waals surface area contributed by atoms with E-state index in [0.29, 0.717) is 5.95 Å². The van der Waals surface area contributed by atoms with Crippen LogP contribution in [0.2, 0.25) is 0 Å². The van der Waals surface area contributed by atoms with Crippen molar-refractivity contribution in [2.24, 2.45) is 0 Å².